The molecule has 2 aromatic rings. The quantitative estimate of drug-likeness (QED) is 0.616. The van der Waals surface area contributed by atoms with Gasteiger partial charge in [-0.25, -0.2) is 4.98 Å². The van der Waals surface area contributed by atoms with Crippen molar-refractivity contribution < 1.29 is 9.90 Å². The number of nitrogens with one attached hydrogen (secondary N) is 1. The zero-order valence-corrected chi connectivity index (χ0v) is 11.1. The molecule has 0 unspecified atom stereocenters. The predicted molar refractivity (Wildman–Crippen MR) is 77.3 cm³/mol. The summed E-state index contributed by atoms with van der Waals surface area (Å²) in [6, 6.07) is 7.80. The summed E-state index contributed by atoms with van der Waals surface area (Å²) in [7, 11) is 0. The number of imidazole rings is 1. The van der Waals surface area contributed by atoms with Crippen LogP contribution in [-0.2, 0) is 4.79 Å². The molecule has 0 saturated heterocycles. The van der Waals surface area contributed by atoms with Crippen molar-refractivity contribution in [3.05, 3.63) is 54.6 Å². The van der Waals surface area contributed by atoms with Crippen LogP contribution >= 0.6 is 0 Å². The number of rotatable bonds is 6. The molecule has 5 heteroatoms. The van der Waals surface area contributed by atoms with Crippen LogP contribution in [0.1, 0.15) is 12.0 Å². The van der Waals surface area contributed by atoms with E-state index in [1.807, 2.05) is 35.0 Å². The van der Waals surface area contributed by atoms with Crippen LogP contribution in [0.4, 0.5) is 0 Å². The molecular weight excluding hydrogens is 254 g/mol. The van der Waals surface area contributed by atoms with E-state index in [0.29, 0.717) is 13.0 Å². The number of hydrogen-bond donors (Lipinski definition) is 2. The monoisotopic (exact) mass is 271 g/mol. The highest BCUT2D eigenvalue weighted by Gasteiger charge is 1.96. The summed E-state index contributed by atoms with van der Waals surface area (Å²) >= 11 is 0. The Balaban J connectivity index is 1.92. The topological polar surface area (TPSA) is 67.2 Å². The molecule has 20 heavy (non-hydrogen) atoms. The van der Waals surface area contributed by atoms with Gasteiger partial charge in [0.1, 0.15) is 0 Å². The number of nitrogens with zero attached hydrogens (tertiary/aromatic N) is 2. The zero-order chi connectivity index (χ0) is 14.2. The highest BCUT2D eigenvalue weighted by atomic mass is 16.3. The van der Waals surface area contributed by atoms with Crippen LogP contribution in [0.25, 0.3) is 11.8 Å². The molecule has 0 saturated carbocycles. The van der Waals surface area contributed by atoms with Crippen molar-refractivity contribution in [3.63, 3.8) is 0 Å². The summed E-state index contributed by atoms with van der Waals surface area (Å²) in [6.45, 7) is 0.568. The average Bonchev–Trinajstić information content (AvgIpc) is 3.00. The first kappa shape index (κ1) is 14.0. The SMILES string of the molecule is O=C(/C=C/c1ccc(-n2ccnc2)cc1)NCCCO. The Bertz CT molecular complexity index is 559. The normalized spacial score (nSPS) is 10.8. The summed E-state index contributed by atoms with van der Waals surface area (Å²) in [5, 5.41) is 11.3. The lowest BCUT2D eigenvalue weighted by Gasteiger charge is -2.02. The molecule has 0 fully saturated rings. The first-order chi connectivity index (χ1) is 9.79. The minimum Gasteiger partial charge on any atom is -0.396 e. The Labute approximate surface area is 117 Å². The Morgan fingerprint density at radius 3 is 2.80 bits per heavy atom. The molecule has 104 valence electrons. The fourth-order valence-electron chi connectivity index (χ4n) is 1.69. The molecule has 0 spiro atoms. The molecule has 1 amide bonds. The van der Waals surface area contributed by atoms with Gasteiger partial charge in [0.2, 0.25) is 5.91 Å². The summed E-state index contributed by atoms with van der Waals surface area (Å²) < 4.78 is 1.91. The van der Waals surface area contributed by atoms with Crippen LogP contribution in [0, 0.1) is 0 Å². The van der Waals surface area contributed by atoms with Crippen molar-refractivity contribution in [2.24, 2.45) is 0 Å². The molecule has 0 atom stereocenters. The molecule has 0 aliphatic rings. The van der Waals surface area contributed by atoms with Crippen LogP contribution in [0.2, 0.25) is 0 Å². The van der Waals surface area contributed by atoms with E-state index in [1.54, 1.807) is 18.6 Å². The van der Waals surface area contributed by atoms with Crippen molar-refractivity contribution in [3.8, 4) is 5.69 Å². The Kier molecular flexibility index (Phi) is 5.08. The fourth-order valence-corrected chi connectivity index (χ4v) is 1.69. The van der Waals surface area contributed by atoms with E-state index in [0.717, 1.165) is 11.3 Å². The van der Waals surface area contributed by atoms with Gasteiger partial charge in [0.05, 0.1) is 6.33 Å². The molecule has 0 radical (unpaired) electrons. The molecule has 2 N–H and O–H groups in total. The van der Waals surface area contributed by atoms with Gasteiger partial charge in [0.25, 0.3) is 0 Å². The van der Waals surface area contributed by atoms with Crippen molar-refractivity contribution in [2.75, 3.05) is 13.2 Å². The van der Waals surface area contributed by atoms with Gasteiger partial charge in [-0.15, -0.1) is 0 Å². The number of benzene rings is 1. The maximum atomic E-state index is 11.5. The Hall–Kier alpha value is -2.40. The third-order valence-electron chi connectivity index (χ3n) is 2.76. The van der Waals surface area contributed by atoms with Crippen molar-refractivity contribution in [1.29, 1.82) is 0 Å². The number of carbonyl (C=O) groups is 1. The number of aliphatic hydroxyl groups excluding tert-OH is 1. The largest absolute Gasteiger partial charge is 0.396 e. The van der Waals surface area contributed by atoms with Crippen LogP contribution in [-0.4, -0.2) is 33.7 Å². The maximum Gasteiger partial charge on any atom is 0.244 e. The van der Waals surface area contributed by atoms with Gasteiger partial charge in [0, 0.05) is 37.3 Å². The van der Waals surface area contributed by atoms with Gasteiger partial charge in [0.15, 0.2) is 0 Å². The second-order valence-electron chi connectivity index (χ2n) is 4.26. The minimum atomic E-state index is -0.155. The van der Waals surface area contributed by atoms with Crippen molar-refractivity contribution >= 4 is 12.0 Å². The Morgan fingerprint density at radius 1 is 1.35 bits per heavy atom. The van der Waals surface area contributed by atoms with E-state index in [-0.39, 0.29) is 12.5 Å². The molecule has 1 aromatic heterocycles. The highest BCUT2D eigenvalue weighted by molar-refractivity contribution is 5.91. The number of aliphatic hydroxyl groups is 1. The number of hydrogen-bond acceptors (Lipinski definition) is 3. The van der Waals surface area contributed by atoms with Crippen LogP contribution in [0.3, 0.4) is 0 Å². The molecule has 0 aliphatic heterocycles. The summed E-state index contributed by atoms with van der Waals surface area (Å²) in [4.78, 5) is 15.4. The van der Waals surface area contributed by atoms with Crippen LogP contribution in [0.5, 0.6) is 0 Å². The molecule has 2 rings (SSSR count). The standard InChI is InChI=1S/C15H17N3O2/c19-11-1-8-17-15(20)7-4-13-2-5-14(6-3-13)18-10-9-16-12-18/h2-7,9-10,12,19H,1,8,11H2,(H,17,20)/b7-4+. The summed E-state index contributed by atoms with van der Waals surface area (Å²) in [5.41, 5.74) is 1.97. The lowest BCUT2D eigenvalue weighted by Crippen LogP contribution is -2.22. The third kappa shape index (κ3) is 4.07. The molecule has 0 aliphatic carbocycles. The summed E-state index contributed by atoms with van der Waals surface area (Å²) in [6.07, 6.45) is 9.15. The van der Waals surface area contributed by atoms with Crippen molar-refractivity contribution in [2.45, 2.75) is 6.42 Å². The average molecular weight is 271 g/mol. The number of amides is 1. The van der Waals surface area contributed by atoms with Gasteiger partial charge in [-0.05, 0) is 30.2 Å². The first-order valence-electron chi connectivity index (χ1n) is 6.45. The van der Waals surface area contributed by atoms with Crippen molar-refractivity contribution in [1.82, 2.24) is 14.9 Å². The van der Waals surface area contributed by atoms with Gasteiger partial charge >= 0.3 is 0 Å². The smallest absolute Gasteiger partial charge is 0.244 e. The van der Waals surface area contributed by atoms with E-state index < -0.39 is 0 Å². The van der Waals surface area contributed by atoms with Crippen LogP contribution in [0.15, 0.2) is 49.1 Å². The lowest BCUT2D eigenvalue weighted by atomic mass is 10.2. The van der Waals surface area contributed by atoms with Gasteiger partial charge in [-0.3, -0.25) is 4.79 Å². The fraction of sp³-hybridized carbons (Fsp3) is 0.200. The van der Waals surface area contributed by atoms with Gasteiger partial charge in [-0.1, -0.05) is 12.1 Å². The molecule has 0 bridgehead atoms. The number of aromatic nitrogens is 2. The molecular formula is C15H17N3O2. The second-order valence-corrected chi connectivity index (χ2v) is 4.26. The van der Waals surface area contributed by atoms with Gasteiger partial charge < -0.3 is 15.0 Å². The molecule has 1 heterocycles. The Morgan fingerprint density at radius 2 is 2.15 bits per heavy atom. The maximum absolute atomic E-state index is 11.5. The van der Waals surface area contributed by atoms with E-state index >= 15 is 0 Å². The molecule has 5 nitrogen and oxygen atoms in total. The predicted octanol–water partition coefficient (Wildman–Crippen LogP) is 1.38. The molecule has 1 aromatic carbocycles. The summed E-state index contributed by atoms with van der Waals surface area (Å²) in [5.74, 6) is -0.155. The van der Waals surface area contributed by atoms with E-state index in [4.69, 9.17) is 5.11 Å². The lowest BCUT2D eigenvalue weighted by molar-refractivity contribution is -0.116. The van der Waals surface area contributed by atoms with Crippen LogP contribution < -0.4 is 5.32 Å². The van der Waals surface area contributed by atoms with E-state index in [2.05, 4.69) is 10.3 Å². The van der Waals surface area contributed by atoms with E-state index in [1.165, 1.54) is 6.08 Å². The third-order valence-corrected chi connectivity index (χ3v) is 2.76. The number of carbonyl (C=O) groups excluding carboxylic acids is 1. The van der Waals surface area contributed by atoms with Gasteiger partial charge in [-0.2, -0.15) is 0 Å². The zero-order valence-electron chi connectivity index (χ0n) is 11.1. The second kappa shape index (κ2) is 7.25. The highest BCUT2D eigenvalue weighted by Crippen LogP contribution is 2.10. The minimum absolute atomic E-state index is 0.0830. The van der Waals surface area contributed by atoms with E-state index in [9.17, 15) is 4.79 Å². The first-order valence-corrected chi connectivity index (χ1v) is 6.45.